The lowest BCUT2D eigenvalue weighted by atomic mass is 10.1. The summed E-state index contributed by atoms with van der Waals surface area (Å²) in [6.45, 7) is 3.41. The van der Waals surface area contributed by atoms with Crippen molar-refractivity contribution in [3.05, 3.63) is 115 Å². The molecule has 20 nitrogen and oxygen atoms in total. The van der Waals surface area contributed by atoms with E-state index in [9.17, 15) is 26.4 Å². The highest BCUT2D eigenvalue weighted by Gasteiger charge is 2.39. The van der Waals surface area contributed by atoms with Crippen LogP contribution in [0.2, 0.25) is 20.1 Å². The van der Waals surface area contributed by atoms with Crippen molar-refractivity contribution in [3.63, 3.8) is 0 Å². The molecule has 6 rings (SSSR count). The van der Waals surface area contributed by atoms with Crippen molar-refractivity contribution in [1.29, 1.82) is 0 Å². The Morgan fingerprint density at radius 1 is 0.519 bits per heavy atom. The number of nitrogens with zero attached hydrogens (tertiary/aromatic N) is 3. The molecule has 4 atom stereocenters. The van der Waals surface area contributed by atoms with Crippen LogP contribution >= 0.6 is 46.4 Å². The number of carbonyl (C=O) groups excluding carboxylic acids is 2. The van der Waals surface area contributed by atoms with Crippen molar-refractivity contribution in [3.8, 4) is 11.5 Å². The van der Waals surface area contributed by atoms with Gasteiger partial charge in [0, 0.05) is 77.5 Å². The molecule has 4 aromatic rings. The van der Waals surface area contributed by atoms with Gasteiger partial charge in [0.1, 0.15) is 23.7 Å². The molecule has 2 aliphatic rings. The van der Waals surface area contributed by atoms with Crippen LogP contribution in [0.15, 0.2) is 82.6 Å². The number of ether oxygens (including phenoxy) is 6. The minimum Gasteiger partial charge on any atom is -0.484 e. The van der Waals surface area contributed by atoms with Gasteiger partial charge in [0.15, 0.2) is 0 Å². The minimum absolute atomic E-state index is 0.0174. The molecule has 26 heteroatoms. The number of nitrogens with one attached hydrogen (secondary N) is 5. The number of hydrogen-bond donors (Lipinski definition) is 5. The van der Waals surface area contributed by atoms with E-state index in [4.69, 9.17) is 74.8 Å². The van der Waals surface area contributed by atoms with Crippen LogP contribution < -0.4 is 35.5 Å². The van der Waals surface area contributed by atoms with E-state index in [-0.39, 0.29) is 125 Å². The predicted octanol–water partition coefficient (Wildman–Crippen LogP) is 6.56. The second kappa shape index (κ2) is 31.3. The van der Waals surface area contributed by atoms with Crippen molar-refractivity contribution in [2.75, 3.05) is 127 Å². The van der Waals surface area contributed by atoms with Crippen LogP contribution in [-0.4, -0.2) is 182 Å². The van der Waals surface area contributed by atoms with Crippen LogP contribution in [0.1, 0.15) is 47.3 Å². The molecule has 0 radical (unpaired) electrons. The molecule has 436 valence electrons. The predicted molar refractivity (Wildman–Crippen MR) is 305 cm³/mol. The summed E-state index contributed by atoms with van der Waals surface area (Å²) in [6, 6.07) is 19.1. The van der Waals surface area contributed by atoms with Crippen LogP contribution in [-0.2, 0) is 51.8 Å². The number of benzene rings is 4. The Morgan fingerprint density at radius 2 is 0.911 bits per heavy atom. The first kappa shape index (κ1) is 63.9. The maximum Gasteiger partial charge on any atom is 0.314 e. The Kier molecular flexibility index (Phi) is 25.3. The number of unbranched alkanes of at least 4 members (excludes halogenated alkanes) is 1. The van der Waals surface area contributed by atoms with E-state index in [0.717, 1.165) is 22.3 Å². The highest BCUT2D eigenvalue weighted by molar-refractivity contribution is 7.89. The molecule has 0 aliphatic heterocycles. The Hall–Kier alpha value is -4.24. The topological polar surface area (TPSA) is 228 Å². The number of carbonyl (C=O) groups is 2. The van der Waals surface area contributed by atoms with Crippen LogP contribution in [0.3, 0.4) is 0 Å². The lowest BCUT2D eigenvalue weighted by Crippen LogP contribution is -2.39. The normalized spacial score (nSPS) is 17.0. The fraction of sp³-hybridized carbons (Fsp3) is 0.509. The van der Waals surface area contributed by atoms with Crippen LogP contribution in [0.25, 0.3) is 0 Å². The highest BCUT2D eigenvalue weighted by Crippen LogP contribution is 2.44. The molecule has 0 aromatic heterocycles. The maximum absolute atomic E-state index is 13.3. The summed E-state index contributed by atoms with van der Waals surface area (Å²) in [6.07, 6.45) is 2.02. The lowest BCUT2D eigenvalue weighted by molar-refractivity contribution is 0.0471. The van der Waals surface area contributed by atoms with E-state index < -0.39 is 20.0 Å². The van der Waals surface area contributed by atoms with Gasteiger partial charge >= 0.3 is 12.1 Å². The van der Waals surface area contributed by atoms with Crippen molar-refractivity contribution in [1.82, 2.24) is 40.1 Å². The number of halogens is 4. The Bertz CT molecular complexity index is 2840. The fourth-order valence-corrected chi connectivity index (χ4v) is 12.2. The average Bonchev–Trinajstić information content (AvgIpc) is 4.07. The smallest absolute Gasteiger partial charge is 0.314 e. The Labute approximate surface area is 484 Å². The van der Waals surface area contributed by atoms with E-state index in [0.29, 0.717) is 70.4 Å². The molecule has 0 fully saturated rings. The number of rotatable bonds is 33. The fourth-order valence-electron chi connectivity index (χ4n) is 8.82. The SMILES string of the molecule is CN(C)[C@H]1Cc2c(Cl)cc(Cl)cc2[C@@H]1Oc1ccc(S(=O)(=O)NCCOCCOCCNC(=O)NCCCCNC(=O)NCCOCCOCCN(C)S(=O)(=O)c2ccc(O[C@H]3c4cc(Cl)cc(Cl)c4C[C@@H]3N(C)C)cc2)cc1. The summed E-state index contributed by atoms with van der Waals surface area (Å²) < 4.78 is 90.9. The maximum atomic E-state index is 13.3. The van der Waals surface area contributed by atoms with Crippen molar-refractivity contribution in [2.24, 2.45) is 0 Å². The molecule has 79 heavy (non-hydrogen) atoms. The zero-order chi connectivity index (χ0) is 57.1. The molecular formula is C53H72Cl4N8O12S2. The monoisotopic (exact) mass is 1220 g/mol. The molecule has 4 amide bonds. The molecule has 0 heterocycles. The molecule has 0 bridgehead atoms. The largest absolute Gasteiger partial charge is 0.484 e. The second-order valence-electron chi connectivity index (χ2n) is 19.1. The number of likely N-dealkylation sites (N-methyl/N-ethyl adjacent to an activating group) is 3. The quantitative estimate of drug-likeness (QED) is 0.0319. The van der Waals surface area contributed by atoms with Gasteiger partial charge in [0.25, 0.3) is 0 Å². The van der Waals surface area contributed by atoms with E-state index in [2.05, 4.69) is 35.8 Å². The summed E-state index contributed by atoms with van der Waals surface area (Å²) in [5, 5.41) is 13.2. The zero-order valence-corrected chi connectivity index (χ0v) is 49.7. The standard InChI is InChI=1S/C53H72Cl4N8O12S2/c1-63(2)48-34-42-44(30-36(54)32-46(42)56)50(48)76-38-8-12-40(13-9-38)78(68,69)62-20-24-74-27-26-72-22-18-60-52(66)58-16-6-7-17-59-53(67)61-19-23-73-28-29-75-25-21-65(5)79(70,71)41-14-10-39(11-15-41)77-51-45-31-37(55)33-47(57)43(45)35-49(51)64(3)4/h8-15,30-33,48-51,62H,6-7,16-29,34-35H2,1-5H3,(H2,58,60,66)(H2,59,61,67)/t48-,49-,50-,51-/m0/s1. The number of hydrogen-bond acceptors (Lipinski definition) is 14. The van der Waals surface area contributed by atoms with Gasteiger partial charge in [0.05, 0.1) is 74.7 Å². The second-order valence-corrected chi connectivity index (χ2v) is 24.6. The summed E-state index contributed by atoms with van der Waals surface area (Å²) in [7, 11) is 1.81. The Balaban J connectivity index is 0.703. The molecule has 4 aromatic carbocycles. The lowest BCUT2D eigenvalue weighted by Gasteiger charge is -2.27. The van der Waals surface area contributed by atoms with Crippen molar-refractivity contribution >= 4 is 78.5 Å². The van der Waals surface area contributed by atoms with Crippen LogP contribution in [0, 0.1) is 0 Å². The summed E-state index contributed by atoms with van der Waals surface area (Å²) in [5.41, 5.74) is 3.81. The first-order valence-electron chi connectivity index (χ1n) is 25.9. The zero-order valence-electron chi connectivity index (χ0n) is 45.0. The number of urea groups is 2. The third kappa shape index (κ3) is 19.2. The van der Waals surface area contributed by atoms with Gasteiger partial charge in [0.2, 0.25) is 20.0 Å². The molecular weight excluding hydrogens is 1150 g/mol. The van der Waals surface area contributed by atoms with Gasteiger partial charge < -0.3 is 59.5 Å². The highest BCUT2D eigenvalue weighted by atomic mass is 35.5. The minimum atomic E-state index is -3.79. The number of sulfonamides is 2. The van der Waals surface area contributed by atoms with Crippen molar-refractivity contribution < 1.29 is 54.8 Å². The van der Waals surface area contributed by atoms with E-state index in [1.807, 2.05) is 40.3 Å². The van der Waals surface area contributed by atoms with Crippen LogP contribution in [0.5, 0.6) is 11.5 Å². The number of amides is 4. The third-order valence-electron chi connectivity index (χ3n) is 13.1. The molecule has 5 N–H and O–H groups in total. The van der Waals surface area contributed by atoms with Gasteiger partial charge in [-0.3, -0.25) is 0 Å². The van der Waals surface area contributed by atoms with E-state index in [1.54, 1.807) is 36.4 Å². The first-order chi connectivity index (χ1) is 37.7. The number of fused-ring (bicyclic) bond motifs is 2. The van der Waals surface area contributed by atoms with Gasteiger partial charge in [-0.25, -0.2) is 31.1 Å². The van der Waals surface area contributed by atoms with Crippen molar-refractivity contribution in [2.45, 2.75) is 59.8 Å². The van der Waals surface area contributed by atoms with E-state index in [1.165, 1.54) is 35.6 Å². The molecule has 0 spiro atoms. The average molecular weight is 1220 g/mol. The van der Waals surface area contributed by atoms with Gasteiger partial charge in [-0.2, -0.15) is 4.31 Å². The van der Waals surface area contributed by atoms with Gasteiger partial charge in [-0.1, -0.05) is 46.4 Å². The summed E-state index contributed by atoms with van der Waals surface area (Å²) in [4.78, 5) is 28.6. The van der Waals surface area contributed by atoms with Crippen LogP contribution in [0.4, 0.5) is 9.59 Å². The first-order valence-corrected chi connectivity index (χ1v) is 30.3. The molecule has 0 unspecified atom stereocenters. The van der Waals surface area contributed by atoms with Gasteiger partial charge in [-0.05, 0) is 138 Å². The Morgan fingerprint density at radius 3 is 1.34 bits per heavy atom. The molecule has 2 aliphatic carbocycles. The molecule has 0 saturated carbocycles. The summed E-state index contributed by atoms with van der Waals surface area (Å²) >= 11 is 25.6. The van der Waals surface area contributed by atoms with Gasteiger partial charge in [-0.15, -0.1) is 0 Å². The molecule has 0 saturated heterocycles. The summed E-state index contributed by atoms with van der Waals surface area (Å²) in [5.74, 6) is 1.03. The van der Waals surface area contributed by atoms with E-state index >= 15 is 0 Å². The third-order valence-corrected chi connectivity index (χ3v) is 17.6.